The van der Waals surface area contributed by atoms with Crippen LogP contribution in [0.1, 0.15) is 51.9 Å². The van der Waals surface area contributed by atoms with Crippen LogP contribution in [-0.2, 0) is 11.3 Å². The van der Waals surface area contributed by atoms with E-state index in [1.165, 1.54) is 0 Å². The monoisotopic (exact) mass is 479 g/mol. The van der Waals surface area contributed by atoms with Gasteiger partial charge in [0.25, 0.3) is 0 Å². The van der Waals surface area contributed by atoms with Crippen LogP contribution in [0.5, 0.6) is 0 Å². The molecule has 2 heterocycles. The normalized spacial score (nSPS) is 16.1. The van der Waals surface area contributed by atoms with Gasteiger partial charge in [-0.2, -0.15) is 0 Å². The number of aromatic nitrogens is 2. The smallest absolute Gasteiger partial charge is 0.408 e. The van der Waals surface area contributed by atoms with Crippen LogP contribution in [0.25, 0.3) is 11.3 Å². The van der Waals surface area contributed by atoms with Gasteiger partial charge >= 0.3 is 6.09 Å². The number of halogens is 2. The Bertz CT molecular complexity index is 999. The van der Waals surface area contributed by atoms with Crippen molar-refractivity contribution in [2.24, 2.45) is 5.73 Å². The largest absolute Gasteiger partial charge is 0.444 e. The number of ether oxygens (including phenoxy) is 1. The minimum absolute atomic E-state index is 0.248. The number of hydrogen-bond donors (Lipinski definition) is 2. The van der Waals surface area contributed by atoms with Crippen molar-refractivity contribution >= 4 is 35.1 Å². The third-order valence-corrected chi connectivity index (χ3v) is 6.31. The number of rotatable bonds is 4. The van der Waals surface area contributed by atoms with Crippen LogP contribution in [0, 0.1) is 6.92 Å². The highest BCUT2D eigenvalue weighted by atomic mass is 35.5. The van der Waals surface area contributed by atoms with E-state index in [1.54, 1.807) is 6.07 Å². The van der Waals surface area contributed by atoms with E-state index in [-0.39, 0.29) is 12.1 Å². The molecule has 32 heavy (non-hydrogen) atoms. The van der Waals surface area contributed by atoms with Crippen molar-refractivity contribution < 1.29 is 9.53 Å². The van der Waals surface area contributed by atoms with E-state index < -0.39 is 11.7 Å². The maximum Gasteiger partial charge on any atom is 0.408 e. The molecule has 0 bridgehead atoms. The molecule has 0 unspecified atom stereocenters. The highest BCUT2D eigenvalue weighted by molar-refractivity contribution is 6.43. The molecule has 0 radical (unpaired) electrons. The van der Waals surface area contributed by atoms with E-state index >= 15 is 0 Å². The first-order chi connectivity index (χ1) is 14.9. The molecular formula is C23H31Cl2N5O2. The Hall–Kier alpha value is -2.09. The van der Waals surface area contributed by atoms with Crippen molar-refractivity contribution in [3.63, 3.8) is 0 Å². The molecule has 1 amide bonds. The molecule has 9 heteroatoms. The number of benzene rings is 1. The number of nitrogens with one attached hydrogen (secondary N) is 1. The molecule has 1 aliphatic rings. The minimum Gasteiger partial charge on any atom is -0.444 e. The molecule has 7 nitrogen and oxygen atoms in total. The first-order valence-corrected chi connectivity index (χ1v) is 11.5. The van der Waals surface area contributed by atoms with Crippen LogP contribution < -0.4 is 16.0 Å². The Balaban J connectivity index is 1.79. The lowest BCUT2D eigenvalue weighted by Crippen LogP contribution is -2.54. The minimum atomic E-state index is -0.530. The van der Waals surface area contributed by atoms with Gasteiger partial charge in [0.2, 0.25) is 0 Å². The van der Waals surface area contributed by atoms with Crippen molar-refractivity contribution in [3.05, 3.63) is 39.6 Å². The second-order valence-corrected chi connectivity index (χ2v) is 10.2. The Kier molecular flexibility index (Phi) is 7.22. The first-order valence-electron chi connectivity index (χ1n) is 10.7. The van der Waals surface area contributed by atoms with Crippen molar-refractivity contribution in [3.8, 4) is 11.3 Å². The number of anilines is 1. The Morgan fingerprint density at radius 1 is 1.25 bits per heavy atom. The summed E-state index contributed by atoms with van der Waals surface area (Å²) in [6, 6.07) is 5.45. The van der Waals surface area contributed by atoms with E-state index in [0.29, 0.717) is 34.5 Å². The summed E-state index contributed by atoms with van der Waals surface area (Å²) in [5, 5.41) is 3.95. The number of nitrogens with zero attached hydrogens (tertiary/aromatic N) is 3. The third-order valence-electron chi connectivity index (χ3n) is 5.49. The van der Waals surface area contributed by atoms with Crippen LogP contribution in [0.3, 0.4) is 0 Å². The van der Waals surface area contributed by atoms with Crippen LogP contribution in [0.2, 0.25) is 10.0 Å². The summed E-state index contributed by atoms with van der Waals surface area (Å²) < 4.78 is 5.42. The van der Waals surface area contributed by atoms with Gasteiger partial charge < -0.3 is 20.7 Å². The fourth-order valence-electron chi connectivity index (χ4n) is 3.76. The summed E-state index contributed by atoms with van der Waals surface area (Å²) in [5.74, 6) is 0.770. The van der Waals surface area contributed by atoms with Gasteiger partial charge in [0, 0.05) is 30.7 Å². The van der Waals surface area contributed by atoms with Gasteiger partial charge in [-0.1, -0.05) is 35.3 Å². The number of amides is 1. The van der Waals surface area contributed by atoms with Gasteiger partial charge in [-0.15, -0.1) is 0 Å². The lowest BCUT2D eigenvalue weighted by Gasteiger charge is -2.41. The van der Waals surface area contributed by atoms with E-state index in [0.717, 1.165) is 29.9 Å². The van der Waals surface area contributed by atoms with E-state index in [9.17, 15) is 4.79 Å². The van der Waals surface area contributed by atoms with Crippen molar-refractivity contribution in [2.75, 3.05) is 18.0 Å². The Morgan fingerprint density at radius 2 is 1.91 bits per heavy atom. The highest BCUT2D eigenvalue weighted by Crippen LogP contribution is 2.35. The van der Waals surface area contributed by atoms with Gasteiger partial charge in [-0.25, -0.2) is 14.8 Å². The van der Waals surface area contributed by atoms with Gasteiger partial charge in [-0.05, 0) is 53.5 Å². The molecule has 0 atom stereocenters. The summed E-state index contributed by atoms with van der Waals surface area (Å²) in [6.07, 6.45) is 1.10. The fraction of sp³-hybridized carbons (Fsp3) is 0.522. The molecule has 3 rings (SSSR count). The summed E-state index contributed by atoms with van der Waals surface area (Å²) in [4.78, 5) is 24.1. The number of piperidine rings is 1. The second kappa shape index (κ2) is 9.41. The summed E-state index contributed by atoms with van der Waals surface area (Å²) in [5.41, 5.74) is 8.02. The molecule has 2 aromatic rings. The third kappa shape index (κ3) is 5.63. The lowest BCUT2D eigenvalue weighted by molar-refractivity contribution is 0.0448. The Morgan fingerprint density at radius 3 is 2.50 bits per heavy atom. The molecule has 0 spiro atoms. The number of alkyl carbamates (subject to hydrolysis) is 1. The SMILES string of the molecule is Cc1nc(N2CCC(C)(NC(=O)OC(C)(C)C)CC2)c(CN)nc1-c1cccc(Cl)c1Cl. The van der Waals surface area contributed by atoms with Crippen molar-refractivity contribution in [1.29, 1.82) is 0 Å². The molecular weight excluding hydrogens is 449 g/mol. The maximum absolute atomic E-state index is 12.2. The molecule has 1 aromatic heterocycles. The van der Waals surface area contributed by atoms with Crippen LogP contribution >= 0.6 is 23.2 Å². The van der Waals surface area contributed by atoms with E-state index in [1.807, 2.05) is 46.8 Å². The van der Waals surface area contributed by atoms with Crippen LogP contribution in [0.15, 0.2) is 18.2 Å². The average molecular weight is 480 g/mol. The molecule has 3 N–H and O–H groups in total. The highest BCUT2D eigenvalue weighted by Gasteiger charge is 2.34. The zero-order valence-corrected chi connectivity index (χ0v) is 20.8. The standard InChI is InChI=1S/C23H31Cl2N5O2/c1-14-19(15-7-6-8-16(24)18(15)25)28-17(13-26)20(27-14)30-11-9-23(5,10-12-30)29-21(31)32-22(2,3)4/h6-8H,9-13,26H2,1-5H3,(H,29,31). The number of carbonyl (C=O) groups excluding carboxylic acids is 1. The predicted molar refractivity (Wildman–Crippen MR) is 129 cm³/mol. The number of aryl methyl sites for hydroxylation is 1. The zero-order chi connectivity index (χ0) is 23.7. The van der Waals surface area contributed by atoms with Crippen molar-refractivity contribution in [1.82, 2.24) is 15.3 Å². The molecule has 1 saturated heterocycles. The van der Waals surface area contributed by atoms with Gasteiger partial charge in [0.05, 0.1) is 27.1 Å². The van der Waals surface area contributed by atoms with Gasteiger partial charge in [0.1, 0.15) is 5.60 Å². The molecule has 0 aliphatic carbocycles. The first kappa shape index (κ1) is 24.6. The molecule has 1 fully saturated rings. The van der Waals surface area contributed by atoms with Gasteiger partial charge in [-0.3, -0.25) is 0 Å². The zero-order valence-electron chi connectivity index (χ0n) is 19.3. The van der Waals surface area contributed by atoms with Gasteiger partial charge in [0.15, 0.2) is 5.82 Å². The fourth-order valence-corrected chi connectivity index (χ4v) is 4.15. The molecule has 174 valence electrons. The molecule has 1 aromatic carbocycles. The number of hydrogen-bond acceptors (Lipinski definition) is 6. The molecule has 1 aliphatic heterocycles. The lowest BCUT2D eigenvalue weighted by atomic mass is 9.89. The number of nitrogens with two attached hydrogens (primary N) is 1. The summed E-state index contributed by atoms with van der Waals surface area (Å²) in [7, 11) is 0. The van der Waals surface area contributed by atoms with Crippen LogP contribution in [0.4, 0.5) is 10.6 Å². The average Bonchev–Trinajstić information content (AvgIpc) is 2.69. The molecule has 0 saturated carbocycles. The predicted octanol–water partition coefficient (Wildman–Crippen LogP) is 5.10. The maximum atomic E-state index is 12.2. The number of carbonyl (C=O) groups is 1. The Labute approximate surface area is 199 Å². The van der Waals surface area contributed by atoms with E-state index in [4.69, 9.17) is 43.6 Å². The quantitative estimate of drug-likeness (QED) is 0.633. The van der Waals surface area contributed by atoms with E-state index in [2.05, 4.69) is 10.2 Å². The topological polar surface area (TPSA) is 93.4 Å². The second-order valence-electron chi connectivity index (χ2n) is 9.41. The summed E-state index contributed by atoms with van der Waals surface area (Å²) in [6.45, 7) is 11.2. The summed E-state index contributed by atoms with van der Waals surface area (Å²) >= 11 is 12.6. The van der Waals surface area contributed by atoms with Crippen molar-refractivity contribution in [2.45, 2.75) is 65.1 Å². The van der Waals surface area contributed by atoms with Crippen LogP contribution in [-0.4, -0.2) is 40.3 Å².